The van der Waals surface area contributed by atoms with E-state index in [2.05, 4.69) is 9.97 Å². The van der Waals surface area contributed by atoms with Crippen molar-refractivity contribution in [1.82, 2.24) is 14.9 Å². The number of carbonyl (C=O) groups excluding carboxylic acids is 1. The highest BCUT2D eigenvalue weighted by molar-refractivity contribution is 5.80. The smallest absolute Gasteiger partial charge is 0.251 e. The van der Waals surface area contributed by atoms with E-state index in [1.165, 1.54) is 0 Å². The zero-order chi connectivity index (χ0) is 16.4. The van der Waals surface area contributed by atoms with Gasteiger partial charge < -0.3 is 9.80 Å². The van der Waals surface area contributed by atoms with E-state index in [9.17, 15) is 13.6 Å². The minimum absolute atomic E-state index is 0.00632. The molecule has 3 rings (SSSR count). The third-order valence-corrected chi connectivity index (χ3v) is 4.73. The molecule has 0 spiro atoms. The molecule has 0 saturated carbocycles. The molecule has 5 nitrogen and oxygen atoms in total. The van der Waals surface area contributed by atoms with Gasteiger partial charge in [-0.05, 0) is 18.4 Å². The van der Waals surface area contributed by atoms with Crippen molar-refractivity contribution in [3.05, 3.63) is 18.0 Å². The number of rotatable bonds is 3. The van der Waals surface area contributed by atoms with Crippen LogP contribution in [-0.4, -0.2) is 52.9 Å². The number of aryl methyl sites for hydroxylation is 1. The van der Waals surface area contributed by atoms with Crippen molar-refractivity contribution in [1.29, 1.82) is 0 Å². The second-order valence-corrected chi connectivity index (χ2v) is 6.36. The Kier molecular flexibility index (Phi) is 4.46. The standard InChI is InChI=1S/C16H22F2N4O/c1-2-12-9-19-15(20-10-12)22-6-3-13(11-22)14(23)21-7-4-16(17,18)5-8-21/h9-10,13H,2-8,11H2,1H3. The minimum Gasteiger partial charge on any atom is -0.342 e. The molecule has 1 unspecified atom stereocenters. The molecular weight excluding hydrogens is 302 g/mol. The summed E-state index contributed by atoms with van der Waals surface area (Å²) in [6.45, 7) is 3.65. The van der Waals surface area contributed by atoms with Crippen LogP contribution in [0.25, 0.3) is 0 Å². The Bertz CT molecular complexity index is 554. The number of nitrogens with zero attached hydrogens (tertiary/aromatic N) is 4. The van der Waals surface area contributed by atoms with Gasteiger partial charge in [0.05, 0.1) is 5.92 Å². The molecule has 2 saturated heterocycles. The molecule has 2 aliphatic rings. The molecule has 0 aliphatic carbocycles. The first-order valence-corrected chi connectivity index (χ1v) is 8.21. The summed E-state index contributed by atoms with van der Waals surface area (Å²) >= 11 is 0. The molecule has 3 heterocycles. The predicted octanol–water partition coefficient (Wildman–Crippen LogP) is 2.12. The van der Waals surface area contributed by atoms with Gasteiger partial charge in [-0.1, -0.05) is 6.92 Å². The maximum atomic E-state index is 13.2. The van der Waals surface area contributed by atoms with Crippen molar-refractivity contribution >= 4 is 11.9 Å². The van der Waals surface area contributed by atoms with E-state index in [-0.39, 0.29) is 37.8 Å². The van der Waals surface area contributed by atoms with Gasteiger partial charge in [-0.3, -0.25) is 4.79 Å². The summed E-state index contributed by atoms with van der Waals surface area (Å²) < 4.78 is 26.4. The number of aromatic nitrogens is 2. The van der Waals surface area contributed by atoms with Crippen LogP contribution in [0.5, 0.6) is 0 Å². The normalized spacial score (nSPS) is 24.0. The van der Waals surface area contributed by atoms with Crippen molar-refractivity contribution < 1.29 is 13.6 Å². The van der Waals surface area contributed by atoms with E-state index in [0.717, 1.165) is 24.9 Å². The average molecular weight is 324 g/mol. The summed E-state index contributed by atoms with van der Waals surface area (Å²) in [5.74, 6) is -2.13. The average Bonchev–Trinajstić information content (AvgIpc) is 3.04. The third-order valence-electron chi connectivity index (χ3n) is 4.73. The molecule has 1 amide bonds. The van der Waals surface area contributed by atoms with Crippen LogP contribution < -0.4 is 4.90 Å². The van der Waals surface area contributed by atoms with Crippen LogP contribution in [-0.2, 0) is 11.2 Å². The Hall–Kier alpha value is -1.79. The summed E-state index contributed by atoms with van der Waals surface area (Å²) in [7, 11) is 0. The van der Waals surface area contributed by atoms with Gasteiger partial charge in [0.25, 0.3) is 5.92 Å². The van der Waals surface area contributed by atoms with Crippen molar-refractivity contribution in [3.63, 3.8) is 0 Å². The van der Waals surface area contributed by atoms with Gasteiger partial charge >= 0.3 is 0 Å². The van der Waals surface area contributed by atoms with Gasteiger partial charge in [-0.2, -0.15) is 0 Å². The molecule has 0 radical (unpaired) electrons. The van der Waals surface area contributed by atoms with Gasteiger partial charge in [0.15, 0.2) is 0 Å². The monoisotopic (exact) mass is 324 g/mol. The van der Waals surface area contributed by atoms with E-state index >= 15 is 0 Å². The van der Waals surface area contributed by atoms with Crippen molar-refractivity contribution in [2.75, 3.05) is 31.1 Å². The lowest BCUT2D eigenvalue weighted by molar-refractivity contribution is -0.140. The van der Waals surface area contributed by atoms with Crippen LogP contribution in [0.3, 0.4) is 0 Å². The Balaban J connectivity index is 1.57. The maximum Gasteiger partial charge on any atom is 0.251 e. The number of hydrogen-bond donors (Lipinski definition) is 0. The summed E-state index contributed by atoms with van der Waals surface area (Å²) in [5, 5.41) is 0. The fourth-order valence-corrected chi connectivity index (χ4v) is 3.15. The topological polar surface area (TPSA) is 49.3 Å². The van der Waals surface area contributed by atoms with Crippen LogP contribution in [0.15, 0.2) is 12.4 Å². The molecule has 7 heteroatoms. The first-order valence-electron chi connectivity index (χ1n) is 8.21. The summed E-state index contributed by atoms with van der Waals surface area (Å²) in [4.78, 5) is 24.8. The Labute approximate surface area is 134 Å². The molecule has 1 aromatic rings. The van der Waals surface area contributed by atoms with Crippen LogP contribution in [0, 0.1) is 5.92 Å². The SMILES string of the molecule is CCc1cnc(N2CCC(C(=O)N3CCC(F)(F)CC3)C2)nc1. The highest BCUT2D eigenvalue weighted by Gasteiger charge is 2.39. The highest BCUT2D eigenvalue weighted by atomic mass is 19.3. The highest BCUT2D eigenvalue weighted by Crippen LogP contribution is 2.30. The van der Waals surface area contributed by atoms with Crippen molar-refractivity contribution in [2.45, 2.75) is 38.5 Å². The number of carbonyl (C=O) groups is 1. The van der Waals surface area contributed by atoms with Crippen LogP contribution in [0.1, 0.15) is 31.7 Å². The van der Waals surface area contributed by atoms with Crippen molar-refractivity contribution in [2.24, 2.45) is 5.92 Å². The van der Waals surface area contributed by atoms with E-state index in [1.54, 1.807) is 4.90 Å². The molecule has 1 aromatic heterocycles. The van der Waals surface area contributed by atoms with E-state index in [0.29, 0.717) is 12.5 Å². The molecule has 2 fully saturated rings. The quantitative estimate of drug-likeness (QED) is 0.854. The molecule has 0 aromatic carbocycles. The Morgan fingerprint density at radius 1 is 1.26 bits per heavy atom. The number of halogens is 2. The number of anilines is 1. The van der Waals surface area contributed by atoms with Gasteiger partial charge in [-0.25, -0.2) is 18.7 Å². The largest absolute Gasteiger partial charge is 0.342 e. The molecule has 23 heavy (non-hydrogen) atoms. The van der Waals surface area contributed by atoms with Gasteiger partial charge in [0, 0.05) is 51.4 Å². The van der Waals surface area contributed by atoms with Gasteiger partial charge in [0.2, 0.25) is 11.9 Å². The van der Waals surface area contributed by atoms with Crippen LogP contribution in [0.2, 0.25) is 0 Å². The third kappa shape index (κ3) is 3.59. The number of hydrogen-bond acceptors (Lipinski definition) is 4. The Morgan fingerprint density at radius 3 is 2.52 bits per heavy atom. The predicted molar refractivity (Wildman–Crippen MR) is 82.5 cm³/mol. The fraction of sp³-hybridized carbons (Fsp3) is 0.688. The molecule has 0 N–H and O–H groups in total. The lowest BCUT2D eigenvalue weighted by atomic mass is 10.0. The summed E-state index contributed by atoms with van der Waals surface area (Å²) in [5.41, 5.74) is 1.08. The second kappa shape index (κ2) is 6.37. The number of likely N-dealkylation sites (tertiary alicyclic amines) is 1. The number of piperidine rings is 1. The van der Waals surface area contributed by atoms with Gasteiger partial charge in [-0.15, -0.1) is 0 Å². The molecule has 0 bridgehead atoms. The molecule has 126 valence electrons. The Morgan fingerprint density at radius 2 is 1.91 bits per heavy atom. The molecule has 1 atom stereocenters. The lowest BCUT2D eigenvalue weighted by Crippen LogP contribution is -2.45. The minimum atomic E-state index is -2.62. The van der Waals surface area contributed by atoms with E-state index < -0.39 is 5.92 Å². The lowest BCUT2D eigenvalue weighted by Gasteiger charge is -2.33. The molecular formula is C16H22F2N4O. The first-order chi connectivity index (χ1) is 11.0. The second-order valence-electron chi connectivity index (χ2n) is 6.36. The van der Waals surface area contributed by atoms with E-state index in [1.807, 2.05) is 24.2 Å². The zero-order valence-corrected chi connectivity index (χ0v) is 13.3. The number of alkyl halides is 2. The van der Waals surface area contributed by atoms with Crippen LogP contribution in [0.4, 0.5) is 14.7 Å². The van der Waals surface area contributed by atoms with E-state index in [4.69, 9.17) is 0 Å². The van der Waals surface area contributed by atoms with Crippen LogP contribution >= 0.6 is 0 Å². The first kappa shape index (κ1) is 16.1. The number of amides is 1. The van der Waals surface area contributed by atoms with Gasteiger partial charge in [0.1, 0.15) is 0 Å². The van der Waals surface area contributed by atoms with Crippen molar-refractivity contribution in [3.8, 4) is 0 Å². The fourth-order valence-electron chi connectivity index (χ4n) is 3.15. The summed E-state index contributed by atoms with van der Waals surface area (Å²) in [6, 6.07) is 0. The zero-order valence-electron chi connectivity index (χ0n) is 13.3. The summed E-state index contributed by atoms with van der Waals surface area (Å²) in [6.07, 6.45) is 4.79. The molecule has 2 aliphatic heterocycles. The maximum absolute atomic E-state index is 13.2.